The fourth-order valence-corrected chi connectivity index (χ4v) is 3.04. The Morgan fingerprint density at radius 2 is 1.96 bits per heavy atom. The first-order valence-corrected chi connectivity index (χ1v) is 8.04. The lowest BCUT2D eigenvalue weighted by Gasteiger charge is -2.35. The maximum absolute atomic E-state index is 11.8. The van der Waals surface area contributed by atoms with Crippen LogP contribution in [0.3, 0.4) is 0 Å². The van der Waals surface area contributed by atoms with Crippen LogP contribution in [0.15, 0.2) is 24.3 Å². The molecular formula is C17H28ClN3O2. The molecule has 1 aliphatic heterocycles. The van der Waals surface area contributed by atoms with Gasteiger partial charge in [0.1, 0.15) is 5.75 Å². The number of carbonyl (C=O) groups excluding carboxylic acids is 1. The van der Waals surface area contributed by atoms with E-state index in [4.69, 9.17) is 4.74 Å². The van der Waals surface area contributed by atoms with Crippen LogP contribution in [0.25, 0.3) is 0 Å². The Balaban J connectivity index is 0.00000264. The van der Waals surface area contributed by atoms with Crippen molar-refractivity contribution in [3.8, 4) is 5.75 Å². The number of methoxy groups -OCH3 is 1. The zero-order valence-corrected chi connectivity index (χ0v) is 14.8. The Labute approximate surface area is 145 Å². The highest BCUT2D eigenvalue weighted by atomic mass is 35.5. The van der Waals surface area contributed by atoms with Gasteiger partial charge in [-0.25, -0.2) is 0 Å². The molecule has 130 valence electrons. The average Bonchev–Trinajstić information content (AvgIpc) is 2.57. The van der Waals surface area contributed by atoms with E-state index in [0.717, 1.165) is 24.4 Å². The van der Waals surface area contributed by atoms with Crippen LogP contribution in [-0.2, 0) is 4.79 Å². The van der Waals surface area contributed by atoms with Gasteiger partial charge in [-0.2, -0.15) is 0 Å². The van der Waals surface area contributed by atoms with Crippen LogP contribution in [0.5, 0.6) is 5.75 Å². The van der Waals surface area contributed by atoms with Gasteiger partial charge in [-0.05, 0) is 39.0 Å². The molecule has 2 N–H and O–H groups in total. The van der Waals surface area contributed by atoms with Crippen molar-refractivity contribution >= 4 is 18.3 Å². The largest absolute Gasteiger partial charge is 0.496 e. The van der Waals surface area contributed by atoms with E-state index in [1.54, 1.807) is 14.2 Å². The van der Waals surface area contributed by atoms with Gasteiger partial charge in [0.2, 0.25) is 5.91 Å². The molecule has 1 atom stereocenters. The van der Waals surface area contributed by atoms with Gasteiger partial charge in [0, 0.05) is 12.1 Å². The zero-order chi connectivity index (χ0) is 15.8. The molecule has 0 aromatic heterocycles. The summed E-state index contributed by atoms with van der Waals surface area (Å²) in [6, 6.07) is 8.26. The van der Waals surface area contributed by atoms with Crippen molar-refractivity contribution < 1.29 is 9.53 Å². The van der Waals surface area contributed by atoms with Crippen molar-refractivity contribution in [3.05, 3.63) is 29.8 Å². The first-order valence-electron chi connectivity index (χ1n) is 8.04. The van der Waals surface area contributed by atoms with Gasteiger partial charge in [0.25, 0.3) is 0 Å². The van der Waals surface area contributed by atoms with Crippen molar-refractivity contribution in [1.29, 1.82) is 0 Å². The monoisotopic (exact) mass is 341 g/mol. The van der Waals surface area contributed by atoms with Crippen molar-refractivity contribution in [2.75, 3.05) is 40.3 Å². The molecule has 1 heterocycles. The number of halogens is 1. The molecule has 0 saturated carbocycles. The lowest BCUT2D eigenvalue weighted by molar-refractivity contribution is -0.120. The summed E-state index contributed by atoms with van der Waals surface area (Å²) >= 11 is 0. The normalized spacial score (nSPS) is 16.3. The fraction of sp³-hybridized carbons (Fsp3) is 0.588. The second kappa shape index (κ2) is 10.5. The highest BCUT2D eigenvalue weighted by Gasteiger charge is 2.25. The molecule has 1 unspecified atom stereocenters. The summed E-state index contributed by atoms with van der Waals surface area (Å²) in [6.45, 7) is 3.11. The number of nitrogens with zero attached hydrogens (tertiary/aromatic N) is 1. The number of rotatable bonds is 7. The van der Waals surface area contributed by atoms with Gasteiger partial charge in [-0.3, -0.25) is 9.69 Å². The predicted octanol–water partition coefficient (Wildman–Crippen LogP) is 1.98. The van der Waals surface area contributed by atoms with E-state index in [0.29, 0.717) is 13.1 Å². The third kappa shape index (κ3) is 5.68. The third-order valence-electron chi connectivity index (χ3n) is 4.16. The second-order valence-electron chi connectivity index (χ2n) is 5.69. The molecular weight excluding hydrogens is 314 g/mol. The number of nitrogens with one attached hydrogen (secondary N) is 2. The number of para-hydroxylation sites is 1. The highest BCUT2D eigenvalue weighted by molar-refractivity contribution is 5.85. The van der Waals surface area contributed by atoms with Crippen LogP contribution in [0.2, 0.25) is 0 Å². The Kier molecular flexibility index (Phi) is 8.99. The number of benzene rings is 1. The number of likely N-dealkylation sites (tertiary alicyclic amines) is 1. The lowest BCUT2D eigenvalue weighted by Crippen LogP contribution is -2.42. The molecule has 1 aliphatic rings. The number of ether oxygens (including phenoxy) is 1. The summed E-state index contributed by atoms with van der Waals surface area (Å²) in [7, 11) is 3.48. The summed E-state index contributed by atoms with van der Waals surface area (Å²) < 4.78 is 5.52. The first kappa shape index (κ1) is 19.7. The zero-order valence-electron chi connectivity index (χ0n) is 14.0. The van der Waals surface area contributed by atoms with E-state index in [1.807, 2.05) is 18.2 Å². The molecule has 0 aliphatic carbocycles. The fourth-order valence-electron chi connectivity index (χ4n) is 3.04. The smallest absolute Gasteiger partial charge is 0.234 e. The summed E-state index contributed by atoms with van der Waals surface area (Å²) in [5.41, 5.74) is 1.15. The molecule has 1 fully saturated rings. The van der Waals surface area contributed by atoms with Gasteiger partial charge in [-0.1, -0.05) is 24.6 Å². The van der Waals surface area contributed by atoms with Crippen LogP contribution < -0.4 is 15.4 Å². The maximum Gasteiger partial charge on any atom is 0.234 e. The molecule has 1 saturated heterocycles. The van der Waals surface area contributed by atoms with E-state index in [2.05, 4.69) is 21.6 Å². The Bertz CT molecular complexity index is 479. The van der Waals surface area contributed by atoms with Crippen LogP contribution in [-0.4, -0.2) is 51.1 Å². The van der Waals surface area contributed by atoms with Crippen LogP contribution >= 0.6 is 12.4 Å². The highest BCUT2D eigenvalue weighted by Crippen LogP contribution is 2.30. The number of carbonyl (C=O) groups is 1. The molecule has 23 heavy (non-hydrogen) atoms. The Morgan fingerprint density at radius 1 is 1.26 bits per heavy atom. The molecule has 0 radical (unpaired) electrons. The number of hydrogen-bond acceptors (Lipinski definition) is 4. The van der Waals surface area contributed by atoms with Gasteiger partial charge in [0.15, 0.2) is 0 Å². The molecule has 6 heteroatoms. The van der Waals surface area contributed by atoms with Crippen molar-refractivity contribution in [1.82, 2.24) is 15.5 Å². The molecule has 1 amide bonds. The van der Waals surface area contributed by atoms with Gasteiger partial charge < -0.3 is 15.4 Å². The van der Waals surface area contributed by atoms with Gasteiger partial charge >= 0.3 is 0 Å². The molecule has 0 bridgehead atoms. The Morgan fingerprint density at radius 3 is 2.61 bits per heavy atom. The summed E-state index contributed by atoms with van der Waals surface area (Å²) in [4.78, 5) is 14.3. The molecule has 0 spiro atoms. The van der Waals surface area contributed by atoms with Crippen molar-refractivity contribution in [2.45, 2.75) is 25.3 Å². The molecule has 5 nitrogen and oxygen atoms in total. The van der Waals surface area contributed by atoms with Crippen LogP contribution in [0.4, 0.5) is 0 Å². The van der Waals surface area contributed by atoms with Crippen molar-refractivity contribution in [3.63, 3.8) is 0 Å². The SMILES string of the molecule is CNCC(=O)NCC(c1ccccc1OC)N1CCCCC1.Cl. The van der Waals surface area contributed by atoms with Gasteiger partial charge in [0.05, 0.1) is 19.7 Å². The van der Waals surface area contributed by atoms with Crippen molar-refractivity contribution in [2.24, 2.45) is 0 Å². The first-order chi connectivity index (χ1) is 10.8. The second-order valence-corrected chi connectivity index (χ2v) is 5.69. The quantitative estimate of drug-likeness (QED) is 0.796. The number of piperidine rings is 1. The Hall–Kier alpha value is -1.30. The average molecular weight is 342 g/mol. The minimum atomic E-state index is 0. The lowest BCUT2D eigenvalue weighted by atomic mass is 10.0. The minimum Gasteiger partial charge on any atom is -0.496 e. The molecule has 1 aromatic rings. The number of likely N-dealkylation sites (N-methyl/N-ethyl adjacent to an activating group) is 1. The van der Waals surface area contributed by atoms with E-state index in [-0.39, 0.29) is 24.4 Å². The van der Waals surface area contributed by atoms with Crippen LogP contribution in [0.1, 0.15) is 30.9 Å². The standard InChI is InChI=1S/C17H27N3O2.ClH/c1-18-13-17(21)19-12-15(20-10-6-3-7-11-20)14-8-4-5-9-16(14)22-2;/h4-5,8-9,15,18H,3,6-7,10-13H2,1-2H3,(H,19,21);1H. The summed E-state index contributed by atoms with van der Waals surface area (Å²) in [5, 5.41) is 5.91. The van der Waals surface area contributed by atoms with E-state index >= 15 is 0 Å². The number of amides is 1. The molecule has 2 rings (SSSR count). The van der Waals surface area contributed by atoms with Gasteiger partial charge in [-0.15, -0.1) is 12.4 Å². The minimum absolute atomic E-state index is 0. The summed E-state index contributed by atoms with van der Waals surface area (Å²) in [5.74, 6) is 0.917. The summed E-state index contributed by atoms with van der Waals surface area (Å²) in [6.07, 6.45) is 3.73. The topological polar surface area (TPSA) is 53.6 Å². The number of hydrogen-bond donors (Lipinski definition) is 2. The predicted molar refractivity (Wildman–Crippen MR) is 95.3 cm³/mol. The van der Waals surface area contributed by atoms with E-state index < -0.39 is 0 Å². The van der Waals surface area contributed by atoms with E-state index in [9.17, 15) is 4.79 Å². The van der Waals surface area contributed by atoms with Crippen LogP contribution in [0, 0.1) is 0 Å². The third-order valence-corrected chi connectivity index (χ3v) is 4.16. The maximum atomic E-state index is 11.8. The van der Waals surface area contributed by atoms with E-state index in [1.165, 1.54) is 19.3 Å². The molecule has 1 aromatic carbocycles.